The molecule has 9 atom stereocenters. The van der Waals surface area contributed by atoms with Crippen LogP contribution in [0.15, 0.2) is 0 Å². The topological polar surface area (TPSA) is 98.0 Å². The molecule has 0 aliphatic heterocycles. The summed E-state index contributed by atoms with van der Waals surface area (Å²) in [7, 11) is 0. The van der Waals surface area contributed by atoms with Crippen LogP contribution in [0.2, 0.25) is 0 Å². The second-order valence-corrected chi connectivity index (χ2v) is 10.2. The largest absolute Gasteiger partial charge is 0.393 e. The molecule has 0 radical (unpaired) electrons. The number of aliphatic hydroxyl groups is 4. The average molecular weight is 366 g/mol. The highest BCUT2D eigenvalue weighted by molar-refractivity contribution is 5.89. The van der Waals surface area contributed by atoms with Crippen molar-refractivity contribution in [2.75, 3.05) is 6.61 Å². The van der Waals surface area contributed by atoms with E-state index in [1.165, 1.54) is 0 Å². The van der Waals surface area contributed by atoms with Crippen LogP contribution in [0, 0.1) is 34.5 Å². The molecule has 4 aliphatic rings. The second-order valence-electron chi connectivity index (χ2n) is 10.2. The molecule has 0 saturated heterocycles. The Hall–Kier alpha value is -0.490. The van der Waals surface area contributed by atoms with Gasteiger partial charge in [-0.15, -0.1) is 0 Å². The predicted octanol–water partition coefficient (Wildman–Crippen LogP) is 1.65. The van der Waals surface area contributed by atoms with Crippen molar-refractivity contribution in [1.82, 2.24) is 0 Å². The van der Waals surface area contributed by atoms with Crippen molar-refractivity contribution in [3.8, 4) is 0 Å². The van der Waals surface area contributed by atoms with E-state index in [1.54, 1.807) is 0 Å². The van der Waals surface area contributed by atoms with Crippen LogP contribution in [0.3, 0.4) is 0 Å². The maximum Gasteiger partial charge on any atom is 0.190 e. The van der Waals surface area contributed by atoms with Gasteiger partial charge in [0.1, 0.15) is 12.2 Å². The molecular formula is C21H34O5. The number of rotatable bonds is 2. The van der Waals surface area contributed by atoms with E-state index < -0.39 is 29.5 Å². The van der Waals surface area contributed by atoms with Crippen LogP contribution < -0.4 is 0 Å². The highest BCUT2D eigenvalue weighted by atomic mass is 16.3. The van der Waals surface area contributed by atoms with Crippen molar-refractivity contribution in [1.29, 1.82) is 0 Å². The molecule has 4 rings (SSSR count). The first kappa shape index (κ1) is 18.9. The predicted molar refractivity (Wildman–Crippen MR) is 96.2 cm³/mol. The monoisotopic (exact) mass is 366 g/mol. The lowest BCUT2D eigenvalue weighted by molar-refractivity contribution is -0.202. The molecule has 0 bridgehead atoms. The van der Waals surface area contributed by atoms with Gasteiger partial charge in [-0.2, -0.15) is 0 Å². The molecule has 148 valence electrons. The minimum absolute atomic E-state index is 0.0323. The lowest BCUT2D eigenvalue weighted by Crippen LogP contribution is -2.63. The van der Waals surface area contributed by atoms with Crippen LogP contribution in [0.5, 0.6) is 0 Å². The third kappa shape index (κ3) is 2.27. The van der Waals surface area contributed by atoms with Gasteiger partial charge in [0.2, 0.25) is 0 Å². The normalized spacial score (nSPS) is 56.4. The molecular weight excluding hydrogens is 332 g/mol. The highest BCUT2D eigenvalue weighted by Gasteiger charge is 2.68. The first-order valence-corrected chi connectivity index (χ1v) is 10.4. The fourth-order valence-corrected chi connectivity index (χ4v) is 7.95. The zero-order valence-electron chi connectivity index (χ0n) is 16.0. The van der Waals surface area contributed by atoms with Crippen molar-refractivity contribution in [2.24, 2.45) is 34.5 Å². The van der Waals surface area contributed by atoms with Gasteiger partial charge in [0, 0.05) is 5.41 Å². The number of fused-ring (bicyclic) bond motifs is 5. The summed E-state index contributed by atoms with van der Waals surface area (Å²) in [6.45, 7) is 3.61. The second kappa shape index (κ2) is 6.00. The molecule has 0 spiro atoms. The zero-order chi connectivity index (χ0) is 18.9. The van der Waals surface area contributed by atoms with E-state index in [2.05, 4.69) is 6.92 Å². The molecule has 0 aromatic rings. The van der Waals surface area contributed by atoms with Crippen molar-refractivity contribution >= 4 is 5.78 Å². The summed E-state index contributed by atoms with van der Waals surface area (Å²) >= 11 is 0. The fourth-order valence-electron chi connectivity index (χ4n) is 7.95. The van der Waals surface area contributed by atoms with Gasteiger partial charge >= 0.3 is 0 Å². The van der Waals surface area contributed by atoms with E-state index in [-0.39, 0.29) is 23.4 Å². The summed E-state index contributed by atoms with van der Waals surface area (Å²) in [6.07, 6.45) is 5.48. The number of carbonyl (C=O) groups excluding carboxylic acids is 1. The Labute approximate surface area is 155 Å². The molecule has 0 amide bonds. The molecule has 5 nitrogen and oxygen atoms in total. The minimum Gasteiger partial charge on any atom is -0.393 e. The van der Waals surface area contributed by atoms with E-state index in [0.29, 0.717) is 24.7 Å². The van der Waals surface area contributed by atoms with Crippen LogP contribution in [0.25, 0.3) is 0 Å². The van der Waals surface area contributed by atoms with Gasteiger partial charge in [0.05, 0.1) is 12.2 Å². The maximum atomic E-state index is 12.4. The van der Waals surface area contributed by atoms with Gasteiger partial charge in [-0.05, 0) is 80.5 Å². The molecule has 0 heterocycles. The third-order valence-electron chi connectivity index (χ3n) is 9.33. The molecule has 5 heteroatoms. The van der Waals surface area contributed by atoms with Crippen LogP contribution in [0.4, 0.5) is 0 Å². The molecule has 0 aromatic carbocycles. The van der Waals surface area contributed by atoms with Gasteiger partial charge in [-0.1, -0.05) is 13.8 Å². The van der Waals surface area contributed by atoms with Crippen molar-refractivity contribution in [2.45, 2.75) is 83.0 Å². The maximum absolute atomic E-state index is 12.4. The number of aliphatic hydroxyl groups excluding tert-OH is 3. The first-order chi connectivity index (χ1) is 12.2. The van der Waals surface area contributed by atoms with Crippen molar-refractivity contribution in [3.63, 3.8) is 0 Å². The number of hydrogen-bond donors (Lipinski definition) is 4. The van der Waals surface area contributed by atoms with Gasteiger partial charge in [0.15, 0.2) is 5.78 Å². The summed E-state index contributed by atoms with van der Waals surface area (Å²) in [6, 6.07) is 0. The van der Waals surface area contributed by atoms with Gasteiger partial charge in [0.25, 0.3) is 0 Å². The van der Waals surface area contributed by atoms with E-state index in [9.17, 15) is 25.2 Å². The van der Waals surface area contributed by atoms with Crippen molar-refractivity contribution in [3.05, 3.63) is 0 Å². The Morgan fingerprint density at radius 2 is 1.81 bits per heavy atom. The van der Waals surface area contributed by atoms with E-state index in [1.807, 2.05) is 6.92 Å². The van der Waals surface area contributed by atoms with Crippen LogP contribution in [-0.4, -0.2) is 50.6 Å². The lowest BCUT2D eigenvalue weighted by atomic mass is 9.43. The Morgan fingerprint density at radius 3 is 2.50 bits per heavy atom. The number of hydrogen-bond acceptors (Lipinski definition) is 5. The molecule has 4 saturated carbocycles. The third-order valence-corrected chi connectivity index (χ3v) is 9.33. The Bertz CT molecular complexity index is 593. The van der Waals surface area contributed by atoms with Crippen LogP contribution in [0.1, 0.15) is 65.2 Å². The number of Topliss-reactive ketones (excluding diaryl/α,β-unsaturated/α-hetero) is 1. The first-order valence-electron chi connectivity index (χ1n) is 10.4. The summed E-state index contributed by atoms with van der Waals surface area (Å²) in [5.41, 5.74) is -2.14. The summed E-state index contributed by atoms with van der Waals surface area (Å²) in [4.78, 5) is 12.4. The molecule has 4 unspecified atom stereocenters. The molecule has 4 fully saturated rings. The summed E-state index contributed by atoms with van der Waals surface area (Å²) in [5, 5.41) is 41.9. The quantitative estimate of drug-likeness (QED) is 0.596. The molecule has 0 aromatic heterocycles. The van der Waals surface area contributed by atoms with Gasteiger partial charge in [-0.25, -0.2) is 0 Å². The molecule has 4 N–H and O–H groups in total. The van der Waals surface area contributed by atoms with E-state index in [0.717, 1.165) is 38.5 Å². The summed E-state index contributed by atoms with van der Waals surface area (Å²) < 4.78 is 0. The Balaban J connectivity index is 1.69. The van der Waals surface area contributed by atoms with Crippen molar-refractivity contribution < 1.29 is 25.2 Å². The fraction of sp³-hybridized carbons (Fsp3) is 0.952. The summed E-state index contributed by atoms with van der Waals surface area (Å²) in [5.74, 6) is 0.653. The zero-order valence-corrected chi connectivity index (χ0v) is 16.0. The Morgan fingerprint density at radius 1 is 1.08 bits per heavy atom. The smallest absolute Gasteiger partial charge is 0.190 e. The number of carbonyl (C=O) groups is 1. The van der Waals surface area contributed by atoms with Gasteiger partial charge < -0.3 is 20.4 Å². The van der Waals surface area contributed by atoms with E-state index >= 15 is 0 Å². The SMILES string of the molecule is C[C@]12CC[C@@H](O)CC1CCC1C2[C@@H](O)C[C@@]2(C)C1CC[C@]2(O)C(=O)CO. The van der Waals surface area contributed by atoms with Gasteiger partial charge in [-0.3, -0.25) is 4.79 Å². The van der Waals surface area contributed by atoms with E-state index in [4.69, 9.17) is 0 Å². The Kier molecular flexibility index (Phi) is 4.35. The lowest BCUT2D eigenvalue weighted by Gasteiger charge is -2.62. The molecule has 4 aliphatic carbocycles. The standard InChI is InChI=1S/C21H34O5/c1-19-7-5-13(23)9-12(19)3-4-14-15-6-8-21(26,17(25)11-22)20(15,2)10-16(24)18(14)19/h12-16,18,22-24,26H,3-11H2,1-2H3/t12?,13-,14?,15?,16+,18?,19+,20+,21+/m1/s1. The highest BCUT2D eigenvalue weighted by Crippen LogP contribution is 2.68. The van der Waals surface area contributed by atoms with Crippen LogP contribution in [-0.2, 0) is 4.79 Å². The number of ketones is 1. The van der Waals surface area contributed by atoms with Crippen LogP contribution >= 0.6 is 0 Å². The molecule has 26 heavy (non-hydrogen) atoms. The average Bonchev–Trinajstić information content (AvgIpc) is 2.86. The minimum atomic E-state index is -1.52.